The molecule has 1 N–H and O–H groups in total. The van der Waals surface area contributed by atoms with Crippen LogP contribution >= 0.6 is 0 Å². The first-order valence-corrected chi connectivity index (χ1v) is 4.58. The number of carbonyl (C=O) groups excluding carboxylic acids is 1. The molecule has 3 heteroatoms. The molecule has 0 atom stereocenters. The fourth-order valence-electron chi connectivity index (χ4n) is 0.711. The molecule has 14 heavy (non-hydrogen) atoms. The fraction of sp³-hybridized carbons (Fsp3) is 0.545. The first-order valence-electron chi connectivity index (χ1n) is 4.58. The van der Waals surface area contributed by atoms with Crippen molar-refractivity contribution in [1.82, 2.24) is 5.32 Å². The van der Waals surface area contributed by atoms with Gasteiger partial charge in [-0.2, -0.15) is 0 Å². The third kappa shape index (κ3) is 6.27. The minimum Gasteiger partial charge on any atom is -0.463 e. The second kappa shape index (κ2) is 6.22. The number of carbonyl (C=O) groups is 1. The first kappa shape index (κ1) is 12.7. The van der Waals surface area contributed by atoms with E-state index in [1.807, 2.05) is 13.8 Å². The van der Waals surface area contributed by atoms with Crippen LogP contribution in [0.1, 0.15) is 20.8 Å². The van der Waals surface area contributed by atoms with Crippen LogP contribution in [0, 0.1) is 12.3 Å². The molecule has 0 aromatic carbocycles. The van der Waals surface area contributed by atoms with Crippen LogP contribution in [-0.4, -0.2) is 24.7 Å². The lowest BCUT2D eigenvalue weighted by atomic mass is 10.1. The van der Waals surface area contributed by atoms with Crippen molar-refractivity contribution in [3.63, 3.8) is 0 Å². The Morgan fingerprint density at radius 2 is 2.29 bits per heavy atom. The number of hydrogen-bond donors (Lipinski definition) is 1. The highest BCUT2D eigenvalue weighted by Gasteiger charge is 2.10. The van der Waals surface area contributed by atoms with Gasteiger partial charge in [0.1, 0.15) is 0 Å². The molecule has 0 rings (SSSR count). The van der Waals surface area contributed by atoms with Gasteiger partial charge in [-0.1, -0.05) is 12.0 Å². The molecular formula is C11H17NO2. The molecule has 0 unspecified atom stereocenters. The fourth-order valence-corrected chi connectivity index (χ4v) is 0.711. The van der Waals surface area contributed by atoms with Gasteiger partial charge in [0, 0.05) is 12.6 Å². The molecule has 0 aromatic heterocycles. The van der Waals surface area contributed by atoms with E-state index in [0.717, 1.165) is 0 Å². The van der Waals surface area contributed by atoms with Gasteiger partial charge in [-0.15, -0.1) is 6.42 Å². The van der Waals surface area contributed by atoms with E-state index in [9.17, 15) is 4.79 Å². The summed E-state index contributed by atoms with van der Waals surface area (Å²) in [7, 11) is 0. The van der Waals surface area contributed by atoms with Crippen molar-refractivity contribution in [2.45, 2.75) is 26.3 Å². The molecule has 0 fully saturated rings. The lowest BCUT2D eigenvalue weighted by Crippen LogP contribution is -2.37. The summed E-state index contributed by atoms with van der Waals surface area (Å²) >= 11 is 0. The van der Waals surface area contributed by atoms with Crippen LogP contribution in [0.25, 0.3) is 0 Å². The molecule has 78 valence electrons. The molecule has 3 nitrogen and oxygen atoms in total. The average molecular weight is 195 g/mol. The molecule has 0 spiro atoms. The van der Waals surface area contributed by atoms with Gasteiger partial charge in [-0.25, -0.2) is 4.79 Å². The van der Waals surface area contributed by atoms with Crippen LogP contribution in [0.4, 0.5) is 0 Å². The van der Waals surface area contributed by atoms with E-state index in [1.54, 1.807) is 13.0 Å². The van der Waals surface area contributed by atoms with Crippen molar-refractivity contribution in [1.29, 1.82) is 0 Å². The van der Waals surface area contributed by atoms with E-state index < -0.39 is 0 Å². The molecule has 0 saturated carbocycles. The zero-order valence-corrected chi connectivity index (χ0v) is 8.96. The van der Waals surface area contributed by atoms with Crippen LogP contribution < -0.4 is 5.32 Å². The monoisotopic (exact) mass is 195 g/mol. The standard InChI is InChI=1S/C11H17NO2/c1-5-11(3,4)12-9-7-8-10(13)14-6-2/h1,7-8,12H,6,9H2,2-4H3/b8-7+. The average Bonchev–Trinajstić information content (AvgIpc) is 2.13. The second-order valence-corrected chi connectivity index (χ2v) is 3.30. The largest absolute Gasteiger partial charge is 0.463 e. The van der Waals surface area contributed by atoms with E-state index >= 15 is 0 Å². The highest BCUT2D eigenvalue weighted by Crippen LogP contribution is 1.97. The van der Waals surface area contributed by atoms with Gasteiger partial charge in [-0.05, 0) is 20.8 Å². The summed E-state index contributed by atoms with van der Waals surface area (Å²) in [6.45, 7) is 6.50. The highest BCUT2D eigenvalue weighted by atomic mass is 16.5. The third-order valence-electron chi connectivity index (χ3n) is 1.56. The number of esters is 1. The Labute approximate surface area is 85.5 Å². The topological polar surface area (TPSA) is 38.3 Å². The Kier molecular flexibility index (Phi) is 5.66. The Bertz CT molecular complexity index is 249. The molecule has 0 amide bonds. The third-order valence-corrected chi connectivity index (χ3v) is 1.56. The van der Waals surface area contributed by atoms with Crippen LogP contribution in [-0.2, 0) is 9.53 Å². The predicted molar refractivity (Wildman–Crippen MR) is 56.7 cm³/mol. The van der Waals surface area contributed by atoms with Crippen LogP contribution in [0.5, 0.6) is 0 Å². The summed E-state index contributed by atoms with van der Waals surface area (Å²) in [5, 5.41) is 3.08. The van der Waals surface area contributed by atoms with Crippen LogP contribution in [0.2, 0.25) is 0 Å². The van der Waals surface area contributed by atoms with Crippen molar-refractivity contribution >= 4 is 5.97 Å². The zero-order valence-electron chi connectivity index (χ0n) is 8.96. The summed E-state index contributed by atoms with van der Waals surface area (Å²) in [4.78, 5) is 10.9. The van der Waals surface area contributed by atoms with Gasteiger partial charge < -0.3 is 4.74 Å². The summed E-state index contributed by atoms with van der Waals surface area (Å²) in [5.74, 6) is 2.27. The van der Waals surface area contributed by atoms with Crippen molar-refractivity contribution in [3.8, 4) is 12.3 Å². The van der Waals surface area contributed by atoms with E-state index in [-0.39, 0.29) is 11.5 Å². The Morgan fingerprint density at radius 1 is 1.64 bits per heavy atom. The molecular weight excluding hydrogens is 178 g/mol. The summed E-state index contributed by atoms with van der Waals surface area (Å²) in [5.41, 5.74) is -0.348. The van der Waals surface area contributed by atoms with E-state index in [0.29, 0.717) is 13.2 Å². The number of nitrogens with one attached hydrogen (secondary N) is 1. The summed E-state index contributed by atoms with van der Waals surface area (Å²) < 4.78 is 4.71. The minimum absolute atomic E-state index is 0.326. The van der Waals surface area contributed by atoms with E-state index in [4.69, 9.17) is 11.2 Å². The summed E-state index contributed by atoms with van der Waals surface area (Å²) in [6, 6.07) is 0. The lowest BCUT2D eigenvalue weighted by molar-refractivity contribution is -0.137. The van der Waals surface area contributed by atoms with Crippen molar-refractivity contribution < 1.29 is 9.53 Å². The zero-order chi connectivity index (χ0) is 11.0. The predicted octanol–water partition coefficient (Wildman–Crippen LogP) is 1.11. The van der Waals surface area contributed by atoms with Gasteiger partial charge in [0.05, 0.1) is 12.1 Å². The van der Waals surface area contributed by atoms with Gasteiger partial charge in [0.2, 0.25) is 0 Å². The van der Waals surface area contributed by atoms with Crippen molar-refractivity contribution in [2.75, 3.05) is 13.2 Å². The Balaban J connectivity index is 3.75. The smallest absolute Gasteiger partial charge is 0.330 e. The quantitative estimate of drug-likeness (QED) is 0.405. The number of hydrogen-bond acceptors (Lipinski definition) is 3. The molecule has 0 aromatic rings. The van der Waals surface area contributed by atoms with Crippen molar-refractivity contribution in [3.05, 3.63) is 12.2 Å². The van der Waals surface area contributed by atoms with E-state index in [2.05, 4.69) is 11.2 Å². The van der Waals surface area contributed by atoms with Gasteiger partial charge in [0.25, 0.3) is 0 Å². The Morgan fingerprint density at radius 3 is 2.79 bits per heavy atom. The molecule has 0 aliphatic carbocycles. The maximum absolute atomic E-state index is 10.9. The first-order chi connectivity index (χ1) is 6.52. The highest BCUT2D eigenvalue weighted by molar-refractivity contribution is 5.81. The lowest BCUT2D eigenvalue weighted by Gasteiger charge is -2.17. The second-order valence-electron chi connectivity index (χ2n) is 3.30. The van der Waals surface area contributed by atoms with Crippen LogP contribution in [0.15, 0.2) is 12.2 Å². The van der Waals surface area contributed by atoms with Crippen molar-refractivity contribution in [2.24, 2.45) is 0 Å². The number of rotatable bonds is 5. The molecule has 0 bridgehead atoms. The number of terminal acetylenes is 1. The molecule has 0 aliphatic heterocycles. The normalized spacial score (nSPS) is 11.3. The number of ether oxygens (including phenoxy) is 1. The molecule has 0 aliphatic rings. The SMILES string of the molecule is C#CC(C)(C)NC/C=C/C(=O)OCC. The molecule has 0 saturated heterocycles. The van der Waals surface area contributed by atoms with Gasteiger partial charge in [-0.3, -0.25) is 5.32 Å². The van der Waals surface area contributed by atoms with Crippen LogP contribution in [0.3, 0.4) is 0 Å². The molecule has 0 radical (unpaired) electrons. The van der Waals surface area contributed by atoms with Gasteiger partial charge >= 0.3 is 5.97 Å². The Hall–Kier alpha value is -1.27. The maximum atomic E-state index is 10.9. The minimum atomic E-state index is -0.348. The maximum Gasteiger partial charge on any atom is 0.330 e. The van der Waals surface area contributed by atoms with Gasteiger partial charge in [0.15, 0.2) is 0 Å². The molecule has 0 heterocycles. The summed E-state index contributed by atoms with van der Waals surface area (Å²) in [6.07, 6.45) is 8.35. The van der Waals surface area contributed by atoms with E-state index in [1.165, 1.54) is 6.08 Å².